The zero-order valence-electron chi connectivity index (χ0n) is 13.5. The highest BCUT2D eigenvalue weighted by Gasteiger charge is 2.20. The summed E-state index contributed by atoms with van der Waals surface area (Å²) in [7, 11) is -2.06. The Hall–Kier alpha value is -2.01. The lowest BCUT2D eigenvalue weighted by Crippen LogP contribution is -2.16. The fourth-order valence-corrected chi connectivity index (χ4v) is 3.77. The van der Waals surface area contributed by atoms with Crippen LogP contribution in [0.4, 0.5) is 5.69 Å². The van der Waals surface area contributed by atoms with E-state index in [-0.39, 0.29) is 4.90 Å². The van der Waals surface area contributed by atoms with Crippen LogP contribution >= 0.6 is 0 Å². The fourth-order valence-electron chi connectivity index (χ4n) is 2.34. The van der Waals surface area contributed by atoms with Gasteiger partial charge in [0.2, 0.25) is 0 Å². The van der Waals surface area contributed by atoms with Gasteiger partial charge in [0.25, 0.3) is 10.0 Å². The molecule has 0 aliphatic heterocycles. The van der Waals surface area contributed by atoms with E-state index in [0.29, 0.717) is 17.0 Å². The lowest BCUT2D eigenvalue weighted by Gasteiger charge is -2.16. The quantitative estimate of drug-likeness (QED) is 0.934. The SMILES string of the molecule is COc1ccc(S(=O)(=O)Nc2cccc(C)c2C)c(C)c1C. The molecule has 2 aromatic rings. The summed E-state index contributed by atoms with van der Waals surface area (Å²) in [6.45, 7) is 7.50. The van der Waals surface area contributed by atoms with Crippen molar-refractivity contribution in [3.8, 4) is 5.75 Å². The molecular weight excluding hydrogens is 298 g/mol. The summed E-state index contributed by atoms with van der Waals surface area (Å²) in [6.07, 6.45) is 0. The minimum atomic E-state index is -3.64. The van der Waals surface area contributed by atoms with Crippen molar-refractivity contribution >= 4 is 15.7 Å². The van der Waals surface area contributed by atoms with Crippen molar-refractivity contribution < 1.29 is 13.2 Å². The van der Waals surface area contributed by atoms with Gasteiger partial charge in [0.05, 0.1) is 17.7 Å². The van der Waals surface area contributed by atoms with Crippen LogP contribution in [0.1, 0.15) is 22.3 Å². The zero-order chi connectivity index (χ0) is 16.5. The summed E-state index contributed by atoms with van der Waals surface area (Å²) >= 11 is 0. The van der Waals surface area contributed by atoms with E-state index in [1.165, 1.54) is 0 Å². The van der Waals surface area contributed by atoms with E-state index >= 15 is 0 Å². The molecule has 0 saturated heterocycles. The van der Waals surface area contributed by atoms with E-state index in [1.807, 2.05) is 32.9 Å². The number of ether oxygens (including phenoxy) is 1. The van der Waals surface area contributed by atoms with Crippen molar-refractivity contribution in [2.24, 2.45) is 0 Å². The Bertz CT molecular complexity index is 811. The van der Waals surface area contributed by atoms with Crippen molar-refractivity contribution in [1.29, 1.82) is 0 Å². The van der Waals surface area contributed by atoms with Crippen LogP contribution in [0.3, 0.4) is 0 Å². The first kappa shape index (κ1) is 16.4. The second kappa shape index (κ2) is 6.01. The monoisotopic (exact) mass is 319 g/mol. The molecule has 2 rings (SSSR count). The molecule has 0 aliphatic carbocycles. The second-order valence-corrected chi connectivity index (χ2v) is 7.02. The maximum atomic E-state index is 12.7. The van der Waals surface area contributed by atoms with Gasteiger partial charge in [-0.25, -0.2) is 8.42 Å². The van der Waals surface area contributed by atoms with Crippen LogP contribution in [-0.2, 0) is 10.0 Å². The van der Waals surface area contributed by atoms with Crippen LogP contribution in [0.5, 0.6) is 5.75 Å². The Morgan fingerprint density at radius 2 is 1.59 bits per heavy atom. The van der Waals surface area contributed by atoms with E-state index in [1.54, 1.807) is 32.2 Å². The van der Waals surface area contributed by atoms with Gasteiger partial charge in [-0.15, -0.1) is 0 Å². The first-order valence-electron chi connectivity index (χ1n) is 7.01. The lowest BCUT2D eigenvalue weighted by atomic mass is 10.1. The topological polar surface area (TPSA) is 55.4 Å². The van der Waals surface area contributed by atoms with Crippen LogP contribution < -0.4 is 9.46 Å². The van der Waals surface area contributed by atoms with Crippen molar-refractivity contribution in [3.63, 3.8) is 0 Å². The minimum Gasteiger partial charge on any atom is -0.496 e. The Morgan fingerprint density at radius 3 is 2.23 bits per heavy atom. The average Bonchev–Trinajstić information content (AvgIpc) is 2.46. The first-order chi connectivity index (χ1) is 10.3. The van der Waals surface area contributed by atoms with Gasteiger partial charge in [-0.1, -0.05) is 12.1 Å². The predicted molar refractivity (Wildman–Crippen MR) is 89.2 cm³/mol. The lowest BCUT2D eigenvalue weighted by molar-refractivity contribution is 0.411. The zero-order valence-corrected chi connectivity index (χ0v) is 14.3. The van der Waals surface area contributed by atoms with Gasteiger partial charge in [-0.3, -0.25) is 4.72 Å². The molecule has 22 heavy (non-hydrogen) atoms. The van der Waals surface area contributed by atoms with Crippen LogP contribution in [0, 0.1) is 27.7 Å². The second-order valence-electron chi connectivity index (χ2n) is 5.37. The number of aryl methyl sites for hydroxylation is 1. The van der Waals surface area contributed by atoms with Crippen molar-refractivity contribution in [3.05, 3.63) is 52.6 Å². The molecule has 0 unspecified atom stereocenters. The molecule has 118 valence electrons. The van der Waals surface area contributed by atoms with Crippen LogP contribution in [0.25, 0.3) is 0 Å². The molecule has 0 atom stereocenters. The third kappa shape index (κ3) is 2.95. The number of nitrogens with one attached hydrogen (secondary N) is 1. The Balaban J connectivity index is 2.48. The van der Waals surface area contributed by atoms with E-state index in [2.05, 4.69) is 4.72 Å². The number of methoxy groups -OCH3 is 1. The van der Waals surface area contributed by atoms with Crippen molar-refractivity contribution in [2.45, 2.75) is 32.6 Å². The molecule has 0 heterocycles. The smallest absolute Gasteiger partial charge is 0.262 e. The highest BCUT2D eigenvalue weighted by Crippen LogP contribution is 2.29. The molecule has 2 aromatic carbocycles. The predicted octanol–water partition coefficient (Wildman–Crippen LogP) is 3.73. The molecule has 0 amide bonds. The molecular formula is C17H21NO3S. The normalized spacial score (nSPS) is 11.3. The Morgan fingerprint density at radius 1 is 0.909 bits per heavy atom. The molecule has 0 saturated carbocycles. The van der Waals surface area contributed by atoms with E-state index in [9.17, 15) is 8.42 Å². The molecule has 1 N–H and O–H groups in total. The Labute approximate surface area is 132 Å². The number of benzene rings is 2. The molecule has 0 aliphatic rings. The van der Waals surface area contributed by atoms with E-state index < -0.39 is 10.0 Å². The Kier molecular flexibility index (Phi) is 4.47. The maximum Gasteiger partial charge on any atom is 0.262 e. The molecule has 0 bridgehead atoms. The third-order valence-corrected chi connectivity index (χ3v) is 5.56. The number of hydrogen-bond donors (Lipinski definition) is 1. The van der Waals surface area contributed by atoms with Crippen molar-refractivity contribution in [2.75, 3.05) is 11.8 Å². The number of hydrogen-bond acceptors (Lipinski definition) is 3. The highest BCUT2D eigenvalue weighted by molar-refractivity contribution is 7.92. The number of sulfonamides is 1. The van der Waals surface area contributed by atoms with Gasteiger partial charge in [0.15, 0.2) is 0 Å². The van der Waals surface area contributed by atoms with Gasteiger partial charge in [0, 0.05) is 0 Å². The minimum absolute atomic E-state index is 0.270. The number of rotatable bonds is 4. The third-order valence-electron chi connectivity index (χ3n) is 4.05. The van der Waals surface area contributed by atoms with Gasteiger partial charge in [-0.05, 0) is 68.1 Å². The van der Waals surface area contributed by atoms with E-state index in [4.69, 9.17) is 4.74 Å². The summed E-state index contributed by atoms with van der Waals surface area (Å²) < 4.78 is 33.3. The largest absolute Gasteiger partial charge is 0.496 e. The van der Waals surface area contributed by atoms with Gasteiger partial charge >= 0.3 is 0 Å². The number of anilines is 1. The summed E-state index contributed by atoms with van der Waals surface area (Å²) in [5.41, 5.74) is 4.09. The maximum absolute atomic E-state index is 12.7. The highest BCUT2D eigenvalue weighted by atomic mass is 32.2. The molecule has 0 spiro atoms. The first-order valence-corrected chi connectivity index (χ1v) is 8.49. The van der Waals surface area contributed by atoms with Crippen molar-refractivity contribution in [1.82, 2.24) is 0 Å². The van der Waals surface area contributed by atoms with Crippen LogP contribution in [0.15, 0.2) is 35.2 Å². The van der Waals surface area contributed by atoms with Crippen LogP contribution in [-0.4, -0.2) is 15.5 Å². The standard InChI is InChI=1S/C17H21NO3S/c1-11-7-6-8-15(12(11)2)18-22(19,20)17-10-9-16(21-5)13(3)14(17)4/h6-10,18H,1-5H3. The van der Waals surface area contributed by atoms with Gasteiger partial charge in [0.1, 0.15) is 5.75 Å². The molecule has 0 aromatic heterocycles. The summed E-state index contributed by atoms with van der Waals surface area (Å²) in [6, 6.07) is 8.82. The molecule has 5 heteroatoms. The summed E-state index contributed by atoms with van der Waals surface area (Å²) in [4.78, 5) is 0.270. The molecule has 4 nitrogen and oxygen atoms in total. The summed E-state index contributed by atoms with van der Waals surface area (Å²) in [5, 5.41) is 0. The molecule has 0 fully saturated rings. The summed E-state index contributed by atoms with van der Waals surface area (Å²) in [5.74, 6) is 0.684. The van der Waals surface area contributed by atoms with Crippen LogP contribution in [0.2, 0.25) is 0 Å². The van der Waals surface area contributed by atoms with E-state index in [0.717, 1.165) is 16.7 Å². The molecule has 0 radical (unpaired) electrons. The van der Waals surface area contributed by atoms with Gasteiger partial charge < -0.3 is 4.74 Å². The fraction of sp³-hybridized carbons (Fsp3) is 0.294. The average molecular weight is 319 g/mol. The van der Waals surface area contributed by atoms with Gasteiger partial charge in [-0.2, -0.15) is 0 Å².